The van der Waals surface area contributed by atoms with Crippen LogP contribution in [-0.4, -0.2) is 35.1 Å². The minimum atomic E-state index is -0.400. The predicted octanol–water partition coefficient (Wildman–Crippen LogP) is 0.384. The normalized spacial score (nSPS) is 10.5. The van der Waals surface area contributed by atoms with E-state index in [1.165, 1.54) is 11.7 Å². The van der Waals surface area contributed by atoms with Crippen molar-refractivity contribution in [2.24, 2.45) is 0 Å². The maximum Gasteiger partial charge on any atom is 0.307 e. The molecule has 1 heterocycles. The Morgan fingerprint density at radius 1 is 1.32 bits per heavy atom. The van der Waals surface area contributed by atoms with Crippen LogP contribution in [0.3, 0.4) is 0 Å². The summed E-state index contributed by atoms with van der Waals surface area (Å²) >= 11 is 0. The second-order valence-electron chi connectivity index (χ2n) is 4.75. The lowest BCUT2D eigenvalue weighted by atomic mass is 10.2. The Hall–Kier alpha value is -2.70. The Bertz CT molecular complexity index is 767. The van der Waals surface area contributed by atoms with Crippen molar-refractivity contribution in [3.8, 4) is 0 Å². The maximum atomic E-state index is 12.2. The topological polar surface area (TPSA) is 90.3 Å². The number of rotatable bonds is 5. The maximum absolute atomic E-state index is 12.2. The molecule has 0 bridgehead atoms. The number of methoxy groups -OCH3 is 1. The summed E-state index contributed by atoms with van der Waals surface area (Å²) in [5.41, 5.74) is 1.28. The van der Waals surface area contributed by atoms with E-state index in [0.29, 0.717) is 16.7 Å². The molecule has 1 aromatic carbocycles. The van der Waals surface area contributed by atoms with Gasteiger partial charge in [0.1, 0.15) is 12.2 Å². The minimum Gasteiger partial charge on any atom is -0.469 e. The third-order valence-electron chi connectivity index (χ3n) is 3.20. The van der Waals surface area contributed by atoms with E-state index < -0.39 is 5.97 Å². The van der Waals surface area contributed by atoms with Crippen LogP contribution in [0.5, 0.6) is 0 Å². The van der Waals surface area contributed by atoms with Gasteiger partial charge in [-0.15, -0.1) is 0 Å². The predicted molar refractivity (Wildman–Crippen MR) is 80.4 cm³/mol. The summed E-state index contributed by atoms with van der Waals surface area (Å²) < 4.78 is 5.87. The summed E-state index contributed by atoms with van der Waals surface area (Å²) in [4.78, 5) is 39.3. The number of esters is 1. The number of ether oxygens (including phenoxy) is 1. The summed E-state index contributed by atoms with van der Waals surface area (Å²) in [6.45, 7) is 1.66. The van der Waals surface area contributed by atoms with E-state index in [2.05, 4.69) is 15.0 Å². The number of para-hydroxylation sites is 2. The molecule has 0 aliphatic carbocycles. The SMILES string of the molecule is COC(=O)CCNC(=O)Cn1c(=O)c(C)nc2ccccc21. The first-order valence-corrected chi connectivity index (χ1v) is 6.82. The highest BCUT2D eigenvalue weighted by atomic mass is 16.5. The molecule has 1 aromatic heterocycles. The lowest BCUT2D eigenvalue weighted by molar-refractivity contribution is -0.140. The average molecular weight is 303 g/mol. The summed E-state index contributed by atoms with van der Waals surface area (Å²) in [5, 5.41) is 2.59. The van der Waals surface area contributed by atoms with Crippen LogP contribution < -0.4 is 10.9 Å². The lowest BCUT2D eigenvalue weighted by Gasteiger charge is -2.11. The summed E-state index contributed by atoms with van der Waals surface area (Å²) in [7, 11) is 1.29. The van der Waals surface area contributed by atoms with Crippen molar-refractivity contribution in [3.63, 3.8) is 0 Å². The highest BCUT2D eigenvalue weighted by molar-refractivity contribution is 5.80. The lowest BCUT2D eigenvalue weighted by Crippen LogP contribution is -2.34. The molecule has 0 aliphatic rings. The van der Waals surface area contributed by atoms with Gasteiger partial charge in [0.15, 0.2) is 0 Å². The standard InChI is InChI=1S/C15H17N3O4/c1-10-15(21)18(12-6-4-3-5-11(12)17-10)9-13(19)16-8-7-14(20)22-2/h3-6H,7-9H2,1-2H3,(H,16,19). The van der Waals surface area contributed by atoms with Gasteiger partial charge in [0.25, 0.3) is 5.56 Å². The van der Waals surface area contributed by atoms with Crippen molar-refractivity contribution >= 4 is 22.9 Å². The van der Waals surface area contributed by atoms with E-state index in [9.17, 15) is 14.4 Å². The molecule has 0 unspecified atom stereocenters. The van der Waals surface area contributed by atoms with Crippen LogP contribution >= 0.6 is 0 Å². The number of carbonyl (C=O) groups is 2. The van der Waals surface area contributed by atoms with E-state index in [0.717, 1.165) is 0 Å². The Morgan fingerprint density at radius 3 is 2.77 bits per heavy atom. The molecule has 0 atom stereocenters. The Labute approximate surface area is 126 Å². The molecule has 0 saturated heterocycles. The summed E-state index contributed by atoms with van der Waals surface area (Å²) in [6, 6.07) is 7.13. The zero-order valence-corrected chi connectivity index (χ0v) is 12.5. The second-order valence-corrected chi connectivity index (χ2v) is 4.75. The zero-order valence-electron chi connectivity index (χ0n) is 12.5. The third-order valence-corrected chi connectivity index (χ3v) is 3.20. The molecular formula is C15H17N3O4. The van der Waals surface area contributed by atoms with E-state index in [4.69, 9.17) is 0 Å². The highest BCUT2D eigenvalue weighted by Crippen LogP contribution is 2.09. The monoisotopic (exact) mass is 303 g/mol. The molecule has 22 heavy (non-hydrogen) atoms. The smallest absolute Gasteiger partial charge is 0.307 e. The van der Waals surface area contributed by atoms with Crippen molar-refractivity contribution in [2.45, 2.75) is 19.9 Å². The highest BCUT2D eigenvalue weighted by Gasteiger charge is 2.11. The zero-order chi connectivity index (χ0) is 16.1. The molecule has 0 saturated carbocycles. The molecular weight excluding hydrogens is 286 g/mol. The van der Waals surface area contributed by atoms with Gasteiger partial charge in [0.05, 0.1) is 24.6 Å². The number of benzene rings is 1. The number of nitrogens with one attached hydrogen (secondary N) is 1. The number of hydrogen-bond acceptors (Lipinski definition) is 5. The first-order valence-electron chi connectivity index (χ1n) is 6.82. The molecule has 7 heteroatoms. The number of aromatic nitrogens is 2. The van der Waals surface area contributed by atoms with E-state index >= 15 is 0 Å². The summed E-state index contributed by atoms with van der Waals surface area (Å²) in [5.74, 6) is -0.746. The van der Waals surface area contributed by atoms with Crippen molar-refractivity contribution in [1.29, 1.82) is 0 Å². The van der Waals surface area contributed by atoms with Crippen LogP contribution in [0.2, 0.25) is 0 Å². The third kappa shape index (κ3) is 3.49. The largest absolute Gasteiger partial charge is 0.469 e. The number of fused-ring (bicyclic) bond motifs is 1. The van der Waals surface area contributed by atoms with E-state index in [1.54, 1.807) is 25.1 Å². The van der Waals surface area contributed by atoms with Gasteiger partial charge in [0.2, 0.25) is 5.91 Å². The van der Waals surface area contributed by atoms with Crippen LogP contribution in [0.25, 0.3) is 11.0 Å². The number of hydrogen-bond donors (Lipinski definition) is 1. The number of carbonyl (C=O) groups excluding carboxylic acids is 2. The van der Waals surface area contributed by atoms with Crippen LogP contribution in [0.1, 0.15) is 12.1 Å². The van der Waals surface area contributed by atoms with Gasteiger partial charge in [0, 0.05) is 6.54 Å². The molecule has 2 aromatic rings. The van der Waals surface area contributed by atoms with Crippen molar-refractivity contribution in [1.82, 2.24) is 14.9 Å². The van der Waals surface area contributed by atoms with Gasteiger partial charge in [-0.1, -0.05) is 12.1 Å². The fourth-order valence-electron chi connectivity index (χ4n) is 2.08. The van der Waals surface area contributed by atoms with Crippen molar-refractivity contribution in [3.05, 3.63) is 40.3 Å². The van der Waals surface area contributed by atoms with Crippen molar-refractivity contribution < 1.29 is 14.3 Å². The van der Waals surface area contributed by atoms with Gasteiger partial charge in [-0.3, -0.25) is 19.0 Å². The van der Waals surface area contributed by atoms with Crippen molar-refractivity contribution in [2.75, 3.05) is 13.7 Å². The fraction of sp³-hybridized carbons (Fsp3) is 0.333. The number of nitrogens with zero attached hydrogens (tertiary/aromatic N) is 2. The second kappa shape index (κ2) is 6.84. The molecule has 2 rings (SSSR count). The van der Waals surface area contributed by atoms with Crippen LogP contribution in [0.4, 0.5) is 0 Å². The number of amides is 1. The van der Waals surface area contributed by atoms with Gasteiger partial charge in [-0.2, -0.15) is 0 Å². The van der Waals surface area contributed by atoms with Crippen LogP contribution in [-0.2, 0) is 20.9 Å². The average Bonchev–Trinajstić information content (AvgIpc) is 2.51. The Balaban J connectivity index is 2.17. The first-order chi connectivity index (χ1) is 10.5. The minimum absolute atomic E-state index is 0.0905. The summed E-state index contributed by atoms with van der Waals surface area (Å²) in [6.07, 6.45) is 0.0905. The molecule has 0 spiro atoms. The van der Waals surface area contributed by atoms with Crippen LogP contribution in [0, 0.1) is 6.92 Å². The molecule has 1 amide bonds. The first kappa shape index (κ1) is 15.7. The van der Waals surface area contributed by atoms with E-state index in [1.807, 2.05) is 6.07 Å². The molecule has 1 N–H and O–H groups in total. The number of aryl methyl sites for hydroxylation is 1. The fourth-order valence-corrected chi connectivity index (χ4v) is 2.08. The van der Waals surface area contributed by atoms with E-state index in [-0.39, 0.29) is 31.0 Å². The van der Waals surface area contributed by atoms with Gasteiger partial charge in [-0.05, 0) is 19.1 Å². The molecule has 0 aliphatic heterocycles. The van der Waals surface area contributed by atoms with Gasteiger partial charge < -0.3 is 10.1 Å². The molecule has 0 radical (unpaired) electrons. The Kier molecular flexibility index (Phi) is 4.88. The molecule has 116 valence electrons. The van der Waals surface area contributed by atoms with Crippen LogP contribution in [0.15, 0.2) is 29.1 Å². The van der Waals surface area contributed by atoms with Gasteiger partial charge >= 0.3 is 5.97 Å². The van der Waals surface area contributed by atoms with Gasteiger partial charge in [-0.25, -0.2) is 4.98 Å². The molecule has 7 nitrogen and oxygen atoms in total. The molecule has 0 fully saturated rings. The quantitative estimate of drug-likeness (QED) is 0.807. The Morgan fingerprint density at radius 2 is 2.05 bits per heavy atom.